The van der Waals surface area contributed by atoms with Crippen molar-refractivity contribution in [2.75, 3.05) is 38.2 Å². The van der Waals surface area contributed by atoms with E-state index in [0.29, 0.717) is 38.7 Å². The minimum Gasteiger partial charge on any atom is -0.508 e. The van der Waals surface area contributed by atoms with E-state index in [0.717, 1.165) is 16.7 Å². The van der Waals surface area contributed by atoms with Crippen LogP contribution in [-0.4, -0.2) is 229 Å². The van der Waals surface area contributed by atoms with E-state index in [-0.39, 0.29) is 74.0 Å². The Kier molecular flexibility index (Phi) is 34.5. The van der Waals surface area contributed by atoms with Crippen molar-refractivity contribution in [2.24, 2.45) is 23.5 Å². The largest absolute Gasteiger partial charge is 0.508 e. The van der Waals surface area contributed by atoms with E-state index < -0.39 is 192 Å². The van der Waals surface area contributed by atoms with E-state index in [1.807, 2.05) is 0 Å². The Hall–Kier alpha value is -12.1. The number of aromatic hydroxyl groups is 3. The molecule has 2 heterocycles. The molecule has 12 atom stereocenters. The Morgan fingerprint density at radius 2 is 0.931 bits per heavy atom. The van der Waals surface area contributed by atoms with Crippen molar-refractivity contribution >= 4 is 105 Å². The summed E-state index contributed by atoms with van der Waals surface area (Å²) in [6, 6.07) is 14.8. The molecule has 0 aliphatic carbocycles. The van der Waals surface area contributed by atoms with Gasteiger partial charge in [0.25, 0.3) is 0 Å². The smallest absolute Gasteiger partial charge is 0.245 e. The average molecular weight is 1620 g/mol. The number of aromatic nitrogens is 1. The van der Waals surface area contributed by atoms with Crippen LogP contribution in [0.1, 0.15) is 89.1 Å². The molecule has 6 aromatic rings. The number of aliphatic hydroxyl groups excluding tert-OH is 2. The number of hydrogen-bond acceptors (Lipinski definition) is 20. The molecule has 0 bridgehead atoms. The molecule has 0 unspecified atom stereocenters. The Labute approximate surface area is 674 Å². The van der Waals surface area contributed by atoms with Crippen molar-refractivity contribution in [3.05, 3.63) is 161 Å². The lowest BCUT2D eigenvalue weighted by Gasteiger charge is -2.33. The molecule has 0 spiro atoms. The van der Waals surface area contributed by atoms with Crippen LogP contribution in [0.5, 0.6) is 17.2 Å². The Balaban J connectivity index is 1.30. The lowest BCUT2D eigenvalue weighted by atomic mass is 9.98. The quantitative estimate of drug-likeness (QED) is 0.0438. The number of carbonyl (C=O) groups is 14. The number of nitrogens with two attached hydrogens (primary N) is 1. The van der Waals surface area contributed by atoms with Gasteiger partial charge in [0.05, 0.1) is 31.6 Å². The molecule has 35 heteroatoms. The van der Waals surface area contributed by atoms with Crippen LogP contribution in [0.15, 0.2) is 134 Å². The van der Waals surface area contributed by atoms with Gasteiger partial charge in [0.1, 0.15) is 83.7 Å². The molecule has 7 rings (SSSR count). The van der Waals surface area contributed by atoms with Gasteiger partial charge in [-0.2, -0.15) is 0 Å². The topological polar surface area (TPSA) is 530 Å². The van der Waals surface area contributed by atoms with E-state index in [1.54, 1.807) is 102 Å². The van der Waals surface area contributed by atoms with Crippen LogP contribution < -0.4 is 69.5 Å². The zero-order valence-corrected chi connectivity index (χ0v) is 66.5. The number of amides is 14. The van der Waals surface area contributed by atoms with Gasteiger partial charge < -0.3 is 105 Å². The molecule has 5 aromatic carbocycles. The number of likely N-dealkylation sites (N-methyl/N-ethyl adjacent to an activating group) is 1. The second-order valence-electron chi connectivity index (χ2n) is 29.8. The van der Waals surface area contributed by atoms with Crippen molar-refractivity contribution < 1.29 is 92.7 Å². The van der Waals surface area contributed by atoms with Gasteiger partial charge in [0, 0.05) is 62.0 Å². The first kappa shape index (κ1) is 91.1. The van der Waals surface area contributed by atoms with Crippen LogP contribution in [-0.2, 0) is 99.2 Å². The summed E-state index contributed by atoms with van der Waals surface area (Å²) >= 11 is 0.751. The molecular formula is C81H105N15O19S. The summed E-state index contributed by atoms with van der Waals surface area (Å²) in [5, 5.41) is 84.1. The number of aromatic amines is 1. The van der Waals surface area contributed by atoms with Crippen molar-refractivity contribution in [2.45, 2.75) is 166 Å². The molecule has 1 saturated heterocycles. The maximum absolute atomic E-state index is 15.5. The molecule has 20 N–H and O–H groups in total. The van der Waals surface area contributed by atoms with Gasteiger partial charge in [-0.1, -0.05) is 126 Å². The molecule has 0 radical (unpaired) electrons. The number of carbonyl (C=O) groups excluding carboxylic acids is 14. The average Bonchev–Trinajstić information content (AvgIpc) is 1.56. The number of para-hydroxylation sites is 1. The molecule has 624 valence electrons. The number of H-pyrrole nitrogens is 1. The zero-order chi connectivity index (χ0) is 85.0. The predicted octanol–water partition coefficient (Wildman–Crippen LogP) is -0.941. The summed E-state index contributed by atoms with van der Waals surface area (Å²) in [6.45, 7) is 8.60. The van der Waals surface area contributed by atoms with E-state index in [2.05, 4.69) is 68.8 Å². The van der Waals surface area contributed by atoms with Gasteiger partial charge in [0.15, 0.2) is 0 Å². The van der Waals surface area contributed by atoms with Crippen molar-refractivity contribution in [3.8, 4) is 17.2 Å². The van der Waals surface area contributed by atoms with Gasteiger partial charge in [-0.15, -0.1) is 11.8 Å². The molecule has 0 saturated carbocycles. The number of primary amides is 1. The first-order chi connectivity index (χ1) is 55.0. The standard InChI is InChI=1S/C81H105N15O19S/c1-43(2)30-57-73(107)93-64(72(106)84-38-66(82)102)41-116-42-68(104)94-70(46(7)98)80(114)90-59(32-48-18-24-52(99)25-19-48)74(108)87-58(31-44(3)4)77(111)95-69(45(5)6)79(113)89-60(33-49-20-26-53(100)27-21-49)75(109)92-63(40-97)71(105)85-39-67(103)86-61(36-51-37-83-56-17-13-12-16-55(51)56)76(110)91-62(34-50-22-28-54(101)29-23-50)81(115)96(8)65(78(112)88-57)35-47-14-10-9-11-15-47/h9-29,37,43-46,57-65,69-70,83,97-101H,30-36,38-42H2,1-8H3,(H2,82,102)(H,84,106)(H,85,105)(H,86,103)(H,87,108)(H,88,112)(H,89,113)(H,90,114)(H,91,110)(H,92,109)(H,93,107)(H,94,104)(H,95,111)/t46-,57+,58+,59+,60+,61+,62+,63+,64+,65+,69+,70+/m1/s1. The predicted molar refractivity (Wildman–Crippen MR) is 428 cm³/mol. The fourth-order valence-corrected chi connectivity index (χ4v) is 13.6. The van der Waals surface area contributed by atoms with Gasteiger partial charge >= 0.3 is 0 Å². The number of rotatable bonds is 20. The normalized spacial score (nSPS) is 22.8. The molecule has 1 aliphatic heterocycles. The van der Waals surface area contributed by atoms with Crippen LogP contribution in [0.4, 0.5) is 0 Å². The summed E-state index contributed by atoms with van der Waals surface area (Å²) in [7, 11) is 1.30. The highest BCUT2D eigenvalue weighted by molar-refractivity contribution is 8.00. The van der Waals surface area contributed by atoms with E-state index in [1.165, 1.54) is 86.8 Å². The highest BCUT2D eigenvalue weighted by Gasteiger charge is 2.40. The van der Waals surface area contributed by atoms with Gasteiger partial charge in [-0.25, -0.2) is 0 Å². The number of fused-ring (bicyclic) bond motifs is 1. The molecule has 1 fully saturated rings. The first-order valence-electron chi connectivity index (χ1n) is 38.0. The lowest BCUT2D eigenvalue weighted by Crippen LogP contribution is -2.62. The SMILES string of the molecule is CC(C)C[C@@H]1NC(=O)[C@H](Cc2ccc(O)cc2)NC(=O)[C@H]([C@@H](C)O)NC(=O)CSC[C@@H](C(=O)NCC(N)=O)NC(=O)[C@H](CC(C)C)NC(=O)[C@H](Cc2ccccc2)N(C)C(=O)[C@H](Cc2ccc(O)cc2)NC(=O)[C@H](Cc2c[nH]c3ccccc23)NC(=O)CNC(=O)[C@H](CO)NC(=O)[C@H](Cc2ccc(O)cc2)NC(=O)[C@H](C(C)C)NC1=O. The van der Waals surface area contributed by atoms with Crippen LogP contribution >= 0.6 is 11.8 Å². The summed E-state index contributed by atoms with van der Waals surface area (Å²) in [4.78, 5) is 207. The van der Waals surface area contributed by atoms with E-state index in [9.17, 15) is 78.3 Å². The van der Waals surface area contributed by atoms with Crippen molar-refractivity contribution in [3.63, 3.8) is 0 Å². The third kappa shape index (κ3) is 28.2. The molecular weight excluding hydrogens is 1520 g/mol. The lowest BCUT2D eigenvalue weighted by molar-refractivity contribution is -0.143. The second-order valence-corrected chi connectivity index (χ2v) is 30.8. The summed E-state index contributed by atoms with van der Waals surface area (Å²) in [5.74, 6) is -16.5. The number of hydrogen-bond donors (Lipinski definition) is 19. The Bertz CT molecular complexity index is 4410. The summed E-state index contributed by atoms with van der Waals surface area (Å²) < 4.78 is 0. The van der Waals surface area contributed by atoms with Crippen LogP contribution in [0.2, 0.25) is 0 Å². The fraction of sp³-hybridized carbons (Fsp3) is 0.432. The highest BCUT2D eigenvalue weighted by atomic mass is 32.2. The molecule has 1 aromatic heterocycles. The first-order valence-corrected chi connectivity index (χ1v) is 39.1. The van der Waals surface area contributed by atoms with Gasteiger partial charge in [-0.05, 0) is 108 Å². The number of nitrogens with zero attached hydrogens (tertiary/aromatic N) is 1. The monoisotopic (exact) mass is 1620 g/mol. The van der Waals surface area contributed by atoms with Crippen molar-refractivity contribution in [1.29, 1.82) is 0 Å². The summed E-state index contributed by atoms with van der Waals surface area (Å²) in [5.41, 5.74) is 8.23. The fourth-order valence-electron chi connectivity index (χ4n) is 12.8. The van der Waals surface area contributed by atoms with Crippen LogP contribution in [0, 0.1) is 17.8 Å². The third-order valence-electron chi connectivity index (χ3n) is 19.0. The molecule has 14 amide bonds. The van der Waals surface area contributed by atoms with E-state index >= 15 is 14.4 Å². The molecule has 1 aliphatic rings. The minimum atomic E-state index is -1.83. The number of phenolic OH excluding ortho intramolecular Hbond substituents is 3. The minimum absolute atomic E-state index is 0.0710. The van der Waals surface area contributed by atoms with Crippen LogP contribution in [0.25, 0.3) is 10.9 Å². The van der Waals surface area contributed by atoms with Crippen molar-refractivity contribution in [1.82, 2.24) is 73.7 Å². The highest BCUT2D eigenvalue weighted by Crippen LogP contribution is 2.23. The molecule has 116 heavy (non-hydrogen) atoms. The summed E-state index contributed by atoms with van der Waals surface area (Å²) in [6.07, 6.45) is -1.58. The third-order valence-corrected chi connectivity index (χ3v) is 20.0. The number of aliphatic hydroxyl groups is 2. The molecule has 34 nitrogen and oxygen atoms in total. The van der Waals surface area contributed by atoms with Gasteiger partial charge in [-0.3, -0.25) is 67.1 Å². The van der Waals surface area contributed by atoms with E-state index in [4.69, 9.17) is 5.73 Å². The zero-order valence-electron chi connectivity index (χ0n) is 65.7. The maximum atomic E-state index is 15.5. The van der Waals surface area contributed by atoms with Crippen LogP contribution in [0.3, 0.4) is 0 Å². The Morgan fingerprint density at radius 3 is 1.44 bits per heavy atom. The van der Waals surface area contributed by atoms with Gasteiger partial charge in [0.2, 0.25) is 82.7 Å². The number of benzene rings is 5. The maximum Gasteiger partial charge on any atom is 0.245 e. The number of phenols is 3. The second kappa shape index (κ2) is 44.0. The Morgan fingerprint density at radius 1 is 0.483 bits per heavy atom. The number of thioether (sulfide) groups is 1. The number of nitrogens with one attached hydrogen (secondary N) is 13.